The molecular formula is C20H27N3O9. The topological polar surface area (TPSA) is 166 Å². The zero-order valence-corrected chi connectivity index (χ0v) is 17.7. The summed E-state index contributed by atoms with van der Waals surface area (Å²) in [6.45, 7) is 1.22. The van der Waals surface area contributed by atoms with Crippen LogP contribution in [0.2, 0.25) is 0 Å². The van der Waals surface area contributed by atoms with Crippen molar-refractivity contribution in [2.45, 2.75) is 57.3 Å². The Balaban J connectivity index is 1.78. The number of carbonyl (C=O) groups is 1. The van der Waals surface area contributed by atoms with Gasteiger partial charge in [0.25, 0.3) is 0 Å². The Kier molecular flexibility index (Phi) is 7.99. The van der Waals surface area contributed by atoms with Gasteiger partial charge in [-0.2, -0.15) is 0 Å². The Labute approximate surface area is 183 Å². The molecule has 1 aliphatic rings. The molecule has 1 aromatic carbocycles. The van der Waals surface area contributed by atoms with Crippen molar-refractivity contribution in [3.63, 3.8) is 0 Å². The van der Waals surface area contributed by atoms with Crippen molar-refractivity contribution in [3.05, 3.63) is 35.7 Å². The molecule has 0 spiro atoms. The van der Waals surface area contributed by atoms with Gasteiger partial charge in [-0.1, -0.05) is 12.1 Å². The van der Waals surface area contributed by atoms with Gasteiger partial charge in [0.2, 0.25) is 6.29 Å². The van der Waals surface area contributed by atoms with Gasteiger partial charge >= 0.3 is 5.97 Å². The first-order valence-corrected chi connectivity index (χ1v) is 10.1. The third-order valence-corrected chi connectivity index (χ3v) is 5.00. The van der Waals surface area contributed by atoms with Gasteiger partial charge in [0, 0.05) is 25.1 Å². The van der Waals surface area contributed by atoms with Crippen LogP contribution in [0.3, 0.4) is 0 Å². The first-order chi connectivity index (χ1) is 15.3. The number of benzene rings is 1. The number of aliphatic hydroxyl groups is 4. The van der Waals surface area contributed by atoms with Gasteiger partial charge in [-0.3, -0.25) is 4.79 Å². The second kappa shape index (κ2) is 10.7. The highest BCUT2D eigenvalue weighted by Gasteiger charge is 2.44. The molecule has 1 aliphatic heterocycles. The normalized spacial score (nSPS) is 25.4. The lowest BCUT2D eigenvalue weighted by molar-refractivity contribution is -0.277. The van der Waals surface area contributed by atoms with Crippen molar-refractivity contribution in [2.75, 3.05) is 6.61 Å². The van der Waals surface area contributed by atoms with Crippen LogP contribution < -0.4 is 9.47 Å². The smallest absolute Gasteiger partial charge is 0.305 e. The van der Waals surface area contributed by atoms with Gasteiger partial charge < -0.3 is 39.4 Å². The minimum absolute atomic E-state index is 0.0219. The first-order valence-electron chi connectivity index (χ1n) is 10.1. The van der Waals surface area contributed by atoms with E-state index in [4.69, 9.17) is 18.9 Å². The molecule has 0 bridgehead atoms. The van der Waals surface area contributed by atoms with Crippen LogP contribution >= 0.6 is 0 Å². The third-order valence-electron chi connectivity index (χ3n) is 5.00. The molecule has 4 N–H and O–H groups in total. The molecule has 32 heavy (non-hydrogen) atoms. The van der Waals surface area contributed by atoms with Crippen molar-refractivity contribution in [2.24, 2.45) is 7.05 Å². The van der Waals surface area contributed by atoms with E-state index < -0.39 is 37.3 Å². The summed E-state index contributed by atoms with van der Waals surface area (Å²) in [6.07, 6.45) is -5.27. The number of ether oxygens (including phenoxy) is 4. The lowest BCUT2D eigenvalue weighted by atomic mass is 9.99. The van der Waals surface area contributed by atoms with E-state index >= 15 is 0 Å². The van der Waals surface area contributed by atoms with E-state index in [9.17, 15) is 25.2 Å². The van der Waals surface area contributed by atoms with E-state index in [2.05, 4.69) is 10.3 Å². The minimum Gasteiger partial charge on any atom is -0.487 e. The quantitative estimate of drug-likeness (QED) is 0.345. The summed E-state index contributed by atoms with van der Waals surface area (Å²) in [5.74, 6) is 0.198. The summed E-state index contributed by atoms with van der Waals surface area (Å²) >= 11 is 0. The molecule has 0 unspecified atom stereocenters. The van der Waals surface area contributed by atoms with E-state index in [1.807, 2.05) is 0 Å². The molecule has 0 aliphatic carbocycles. The average molecular weight is 453 g/mol. The number of nitrogens with zero attached hydrogens (tertiary/aromatic N) is 3. The van der Waals surface area contributed by atoms with Crippen LogP contribution in [0.4, 0.5) is 0 Å². The van der Waals surface area contributed by atoms with Crippen LogP contribution in [-0.4, -0.2) is 78.7 Å². The van der Waals surface area contributed by atoms with Gasteiger partial charge in [-0.05, 0) is 12.1 Å². The molecular weight excluding hydrogens is 426 g/mol. The predicted molar refractivity (Wildman–Crippen MR) is 106 cm³/mol. The molecule has 0 radical (unpaired) electrons. The maximum absolute atomic E-state index is 11.6. The fourth-order valence-electron chi connectivity index (χ4n) is 3.01. The van der Waals surface area contributed by atoms with Gasteiger partial charge in [-0.25, -0.2) is 4.68 Å². The number of carbonyl (C=O) groups excluding carboxylic acids is 1. The molecule has 12 nitrogen and oxygen atoms in total. The standard InChI is InChI=1S/C20H27N3O9/c1-3-16(25)30-9-11-4-5-13(6-14(11)29-10-12-7-21-22-23(12)2)31-20-19(28)18(27)17(26)15(8-24)32-20/h4-7,15,17-20,24,26-28H,3,8-10H2,1-2H3/t15-,17-,18+,19-,20-/m1/s1. The van der Waals surface area contributed by atoms with Crippen molar-refractivity contribution in [1.82, 2.24) is 15.0 Å². The molecule has 5 atom stereocenters. The van der Waals surface area contributed by atoms with Crippen LogP contribution in [-0.2, 0) is 34.5 Å². The minimum atomic E-state index is -1.56. The van der Waals surface area contributed by atoms with Crippen LogP contribution in [0.15, 0.2) is 24.4 Å². The monoisotopic (exact) mass is 453 g/mol. The zero-order chi connectivity index (χ0) is 23.3. The molecule has 1 saturated heterocycles. The van der Waals surface area contributed by atoms with E-state index in [1.165, 1.54) is 6.07 Å². The van der Waals surface area contributed by atoms with Crippen molar-refractivity contribution >= 4 is 5.97 Å². The number of aliphatic hydroxyl groups excluding tert-OH is 4. The van der Waals surface area contributed by atoms with Gasteiger partial charge in [-0.15, -0.1) is 5.10 Å². The fourth-order valence-corrected chi connectivity index (χ4v) is 3.01. The molecule has 0 amide bonds. The molecule has 0 saturated carbocycles. The Morgan fingerprint density at radius 3 is 2.62 bits per heavy atom. The number of esters is 1. The second-order valence-electron chi connectivity index (χ2n) is 7.24. The summed E-state index contributed by atoms with van der Waals surface area (Å²) in [6, 6.07) is 4.69. The molecule has 176 valence electrons. The fraction of sp³-hybridized carbons (Fsp3) is 0.550. The molecule has 1 fully saturated rings. The molecule has 12 heteroatoms. The van der Waals surface area contributed by atoms with Crippen molar-refractivity contribution in [1.29, 1.82) is 0 Å². The van der Waals surface area contributed by atoms with Crippen LogP contribution in [0, 0.1) is 0 Å². The van der Waals surface area contributed by atoms with Crippen molar-refractivity contribution in [3.8, 4) is 11.5 Å². The Hall–Kier alpha value is -2.77. The van der Waals surface area contributed by atoms with E-state index in [0.717, 1.165) is 0 Å². The number of aryl methyl sites for hydroxylation is 1. The summed E-state index contributed by atoms with van der Waals surface area (Å²) in [5.41, 5.74) is 1.27. The summed E-state index contributed by atoms with van der Waals surface area (Å²) in [4.78, 5) is 11.6. The zero-order valence-electron chi connectivity index (χ0n) is 17.7. The highest BCUT2D eigenvalue weighted by atomic mass is 16.7. The lowest BCUT2D eigenvalue weighted by Gasteiger charge is -2.39. The number of rotatable bonds is 9. The Bertz CT molecular complexity index is 904. The maximum atomic E-state index is 11.6. The van der Waals surface area contributed by atoms with Gasteiger partial charge in [0.05, 0.1) is 18.5 Å². The molecule has 2 heterocycles. The van der Waals surface area contributed by atoms with Crippen molar-refractivity contribution < 1.29 is 44.2 Å². The number of aromatic nitrogens is 3. The molecule has 2 aromatic rings. The maximum Gasteiger partial charge on any atom is 0.305 e. The highest BCUT2D eigenvalue weighted by molar-refractivity contribution is 5.69. The van der Waals surface area contributed by atoms with E-state index in [-0.39, 0.29) is 31.4 Å². The van der Waals surface area contributed by atoms with Crippen LogP contribution in [0.25, 0.3) is 0 Å². The largest absolute Gasteiger partial charge is 0.487 e. The SMILES string of the molecule is CCC(=O)OCc1ccc(O[C@@H]2O[C@H](CO)[C@@H](O)[C@H](O)[C@H]2O)cc1OCc1cnnn1C. The summed E-state index contributed by atoms with van der Waals surface area (Å²) in [5, 5.41) is 47.0. The molecule has 3 rings (SSSR count). The summed E-state index contributed by atoms with van der Waals surface area (Å²) in [7, 11) is 1.72. The van der Waals surface area contributed by atoms with Crippen LogP contribution in [0.1, 0.15) is 24.6 Å². The molecule has 1 aromatic heterocycles. The highest BCUT2D eigenvalue weighted by Crippen LogP contribution is 2.30. The van der Waals surface area contributed by atoms with Gasteiger partial charge in [0.15, 0.2) is 0 Å². The van der Waals surface area contributed by atoms with Crippen LogP contribution in [0.5, 0.6) is 11.5 Å². The number of hydrogen-bond acceptors (Lipinski definition) is 11. The second-order valence-corrected chi connectivity index (χ2v) is 7.24. The first kappa shape index (κ1) is 23.9. The average Bonchev–Trinajstić information content (AvgIpc) is 3.21. The van der Waals surface area contributed by atoms with E-state index in [0.29, 0.717) is 17.0 Å². The summed E-state index contributed by atoms with van der Waals surface area (Å²) < 4.78 is 23.6. The van der Waals surface area contributed by atoms with E-state index in [1.54, 1.807) is 37.0 Å². The third kappa shape index (κ3) is 5.53. The predicted octanol–water partition coefficient (Wildman–Crippen LogP) is -0.974. The Morgan fingerprint density at radius 1 is 1.19 bits per heavy atom. The lowest BCUT2D eigenvalue weighted by Crippen LogP contribution is -2.60. The van der Waals surface area contributed by atoms with Gasteiger partial charge in [0.1, 0.15) is 49.1 Å². The Morgan fingerprint density at radius 2 is 1.97 bits per heavy atom. The number of hydrogen-bond donors (Lipinski definition) is 4.